The Hall–Kier alpha value is -4.38. The molecule has 6 rings (SSSR count). The molecule has 3 aromatic carbocycles. The van der Waals surface area contributed by atoms with Gasteiger partial charge in [-0.25, -0.2) is 0 Å². The number of rotatable bonds is 3. The lowest BCUT2D eigenvalue weighted by molar-refractivity contribution is 0.218. The number of hydrogen-bond acceptors (Lipinski definition) is 5. The van der Waals surface area contributed by atoms with E-state index in [2.05, 4.69) is 34.3 Å². The average molecular weight is 431 g/mol. The van der Waals surface area contributed by atoms with Gasteiger partial charge in [-0.05, 0) is 18.2 Å². The van der Waals surface area contributed by atoms with Crippen molar-refractivity contribution in [3.63, 3.8) is 0 Å². The monoisotopic (exact) mass is 430 g/mol. The van der Waals surface area contributed by atoms with E-state index in [9.17, 15) is 0 Å². The highest BCUT2D eigenvalue weighted by molar-refractivity contribution is 5.95. The van der Waals surface area contributed by atoms with Crippen molar-refractivity contribution < 1.29 is 4.74 Å². The molecule has 0 amide bonds. The normalized spacial score (nSPS) is 18.4. The Kier molecular flexibility index (Phi) is 4.65. The smallest absolute Gasteiger partial charge is 0.144 e. The summed E-state index contributed by atoms with van der Waals surface area (Å²) < 4.78 is 6.33. The molecule has 2 heterocycles. The van der Waals surface area contributed by atoms with E-state index in [-0.39, 0.29) is 12.1 Å². The van der Waals surface area contributed by atoms with Gasteiger partial charge in [-0.15, -0.1) is 10.2 Å². The SMILES string of the molecule is Nc1c(-c2ccccc2)nnc(-c2ccccc2)c1N1c2ccccc2OC2C=CC=CC21. The number of aromatic nitrogens is 2. The minimum Gasteiger partial charge on any atom is -0.482 e. The molecular weight excluding hydrogens is 408 g/mol. The molecule has 2 aliphatic rings. The summed E-state index contributed by atoms with van der Waals surface area (Å²) >= 11 is 0. The zero-order valence-corrected chi connectivity index (χ0v) is 17.9. The predicted octanol–water partition coefficient (Wildman–Crippen LogP) is 5.79. The molecule has 1 aliphatic heterocycles. The predicted molar refractivity (Wildman–Crippen MR) is 132 cm³/mol. The number of fused-ring (bicyclic) bond motifs is 2. The summed E-state index contributed by atoms with van der Waals surface area (Å²) in [6.45, 7) is 0. The molecule has 2 unspecified atom stereocenters. The van der Waals surface area contributed by atoms with Gasteiger partial charge in [0.05, 0.1) is 23.1 Å². The summed E-state index contributed by atoms with van der Waals surface area (Å²) in [5, 5.41) is 9.29. The number of benzene rings is 3. The third kappa shape index (κ3) is 3.26. The molecule has 2 N–H and O–H groups in total. The maximum atomic E-state index is 6.94. The first-order chi connectivity index (χ1) is 16.3. The molecule has 0 saturated carbocycles. The molecule has 5 heteroatoms. The summed E-state index contributed by atoms with van der Waals surface area (Å²) in [6.07, 6.45) is 8.17. The summed E-state index contributed by atoms with van der Waals surface area (Å²) in [5.74, 6) is 0.815. The standard InChI is InChI=1S/C28H22N4O/c29-25-26(19-11-3-1-4-12-19)30-31-27(20-13-5-2-6-14-20)28(25)32-21-15-7-9-17-23(21)33-24-18-10-8-16-22(24)32/h1-18,21,23H,(H2,29,31). The van der Waals surface area contributed by atoms with Crippen molar-refractivity contribution in [2.45, 2.75) is 12.1 Å². The van der Waals surface area contributed by atoms with E-state index in [0.29, 0.717) is 11.4 Å². The maximum Gasteiger partial charge on any atom is 0.144 e. The molecule has 0 spiro atoms. The molecule has 1 aliphatic carbocycles. The average Bonchev–Trinajstić information content (AvgIpc) is 2.88. The van der Waals surface area contributed by atoms with E-state index >= 15 is 0 Å². The van der Waals surface area contributed by atoms with Crippen molar-refractivity contribution in [2.75, 3.05) is 10.6 Å². The first-order valence-corrected chi connectivity index (χ1v) is 11.0. The van der Waals surface area contributed by atoms with Gasteiger partial charge in [0.2, 0.25) is 0 Å². The van der Waals surface area contributed by atoms with Crippen molar-refractivity contribution in [3.05, 3.63) is 109 Å². The van der Waals surface area contributed by atoms with Crippen molar-refractivity contribution in [2.24, 2.45) is 0 Å². The lowest BCUT2D eigenvalue weighted by Gasteiger charge is -2.43. The number of hydrogen-bond donors (Lipinski definition) is 1. The number of allylic oxidation sites excluding steroid dienone is 2. The summed E-state index contributed by atoms with van der Waals surface area (Å²) in [4.78, 5) is 2.25. The van der Waals surface area contributed by atoms with Gasteiger partial charge in [0, 0.05) is 11.1 Å². The van der Waals surface area contributed by atoms with Gasteiger partial charge in [0.1, 0.15) is 23.2 Å². The molecule has 0 saturated heterocycles. The van der Waals surface area contributed by atoms with Crippen LogP contribution >= 0.6 is 0 Å². The minimum atomic E-state index is -0.138. The van der Waals surface area contributed by atoms with Crippen LogP contribution in [0.1, 0.15) is 0 Å². The van der Waals surface area contributed by atoms with Crippen molar-refractivity contribution in [1.82, 2.24) is 10.2 Å². The van der Waals surface area contributed by atoms with E-state index in [0.717, 1.165) is 33.9 Å². The van der Waals surface area contributed by atoms with Crippen molar-refractivity contribution in [1.29, 1.82) is 0 Å². The van der Waals surface area contributed by atoms with Gasteiger partial charge in [-0.2, -0.15) is 0 Å². The number of nitrogens with two attached hydrogens (primary N) is 1. The number of para-hydroxylation sites is 2. The Morgan fingerprint density at radius 1 is 0.697 bits per heavy atom. The Labute approximate surface area is 192 Å². The molecular formula is C28H22N4O. The zero-order chi connectivity index (χ0) is 22.2. The van der Waals surface area contributed by atoms with Crippen LogP contribution in [0.4, 0.5) is 17.1 Å². The van der Waals surface area contributed by atoms with Crippen LogP contribution in [0.15, 0.2) is 109 Å². The van der Waals surface area contributed by atoms with Gasteiger partial charge in [-0.3, -0.25) is 0 Å². The van der Waals surface area contributed by atoms with Crippen LogP contribution in [0, 0.1) is 0 Å². The van der Waals surface area contributed by atoms with Crippen LogP contribution in [0.2, 0.25) is 0 Å². The van der Waals surface area contributed by atoms with Crippen molar-refractivity contribution >= 4 is 17.1 Å². The summed E-state index contributed by atoms with van der Waals surface area (Å²) in [6, 6.07) is 28.0. The fourth-order valence-electron chi connectivity index (χ4n) is 4.53. The number of nitrogen functional groups attached to an aromatic ring is 1. The van der Waals surface area contributed by atoms with Crippen LogP contribution in [0.5, 0.6) is 5.75 Å². The molecule has 0 radical (unpaired) electrons. The number of anilines is 3. The van der Waals surface area contributed by atoms with Crippen LogP contribution < -0.4 is 15.4 Å². The van der Waals surface area contributed by atoms with Gasteiger partial charge < -0.3 is 15.4 Å². The van der Waals surface area contributed by atoms with E-state index in [1.165, 1.54) is 0 Å². The first kappa shape index (κ1) is 19.3. The highest BCUT2D eigenvalue weighted by atomic mass is 16.5. The second-order valence-corrected chi connectivity index (χ2v) is 8.07. The topological polar surface area (TPSA) is 64.3 Å². The second-order valence-electron chi connectivity index (χ2n) is 8.07. The molecule has 1 aromatic heterocycles. The fraction of sp³-hybridized carbons (Fsp3) is 0.0714. The lowest BCUT2D eigenvalue weighted by Crippen LogP contribution is -2.46. The van der Waals surface area contributed by atoms with E-state index in [4.69, 9.17) is 15.6 Å². The highest BCUT2D eigenvalue weighted by Crippen LogP contribution is 2.48. The number of ether oxygens (including phenoxy) is 1. The van der Waals surface area contributed by atoms with Gasteiger partial charge in [0.25, 0.3) is 0 Å². The van der Waals surface area contributed by atoms with Gasteiger partial charge in [-0.1, -0.05) is 91.0 Å². The molecule has 0 bridgehead atoms. The molecule has 160 valence electrons. The Morgan fingerprint density at radius 2 is 1.30 bits per heavy atom. The maximum absolute atomic E-state index is 6.94. The zero-order valence-electron chi connectivity index (χ0n) is 17.9. The minimum absolute atomic E-state index is 0.0671. The molecule has 33 heavy (non-hydrogen) atoms. The Balaban J connectivity index is 1.65. The van der Waals surface area contributed by atoms with E-state index < -0.39 is 0 Å². The first-order valence-electron chi connectivity index (χ1n) is 11.0. The highest BCUT2D eigenvalue weighted by Gasteiger charge is 2.37. The van der Waals surface area contributed by atoms with E-state index in [1.54, 1.807) is 0 Å². The van der Waals surface area contributed by atoms with Crippen LogP contribution in [0.25, 0.3) is 22.5 Å². The Morgan fingerprint density at radius 3 is 2.06 bits per heavy atom. The quantitative estimate of drug-likeness (QED) is 0.446. The van der Waals surface area contributed by atoms with Gasteiger partial charge >= 0.3 is 0 Å². The molecule has 2 atom stereocenters. The molecule has 5 nitrogen and oxygen atoms in total. The Bertz CT molecular complexity index is 1370. The van der Waals surface area contributed by atoms with Gasteiger partial charge in [0.15, 0.2) is 0 Å². The third-order valence-corrected chi connectivity index (χ3v) is 6.06. The fourth-order valence-corrected chi connectivity index (χ4v) is 4.53. The van der Waals surface area contributed by atoms with Crippen LogP contribution in [-0.4, -0.2) is 22.3 Å². The summed E-state index contributed by atoms with van der Waals surface area (Å²) in [5.41, 5.74) is 12.6. The largest absolute Gasteiger partial charge is 0.482 e. The van der Waals surface area contributed by atoms with Crippen molar-refractivity contribution in [3.8, 4) is 28.3 Å². The second kappa shape index (κ2) is 7.95. The van der Waals surface area contributed by atoms with E-state index in [1.807, 2.05) is 84.9 Å². The third-order valence-electron chi connectivity index (χ3n) is 6.06. The molecule has 4 aromatic rings. The van der Waals surface area contributed by atoms with Crippen LogP contribution in [0.3, 0.4) is 0 Å². The lowest BCUT2D eigenvalue weighted by atomic mass is 9.96. The molecule has 0 fully saturated rings. The van der Waals surface area contributed by atoms with Crippen LogP contribution in [-0.2, 0) is 0 Å². The number of nitrogens with zero attached hydrogens (tertiary/aromatic N) is 3. The summed E-state index contributed by atoms with van der Waals surface area (Å²) in [7, 11) is 0.